The zero-order valence-electron chi connectivity index (χ0n) is 12.5. The van der Waals surface area contributed by atoms with E-state index in [1.54, 1.807) is 30.3 Å². The number of pyridine rings is 1. The molecule has 3 aromatic rings. The van der Waals surface area contributed by atoms with Gasteiger partial charge in [-0.25, -0.2) is 13.8 Å². The first-order valence-electron chi connectivity index (χ1n) is 7.22. The van der Waals surface area contributed by atoms with Crippen molar-refractivity contribution in [2.45, 2.75) is 6.42 Å². The van der Waals surface area contributed by atoms with Gasteiger partial charge in [0.2, 0.25) is 0 Å². The Morgan fingerprint density at radius 2 is 1.67 bits per heavy atom. The molecule has 0 bridgehead atoms. The van der Waals surface area contributed by atoms with Crippen molar-refractivity contribution in [3.8, 4) is 0 Å². The van der Waals surface area contributed by atoms with E-state index in [9.17, 15) is 13.6 Å². The van der Waals surface area contributed by atoms with E-state index in [2.05, 4.69) is 4.98 Å². The lowest BCUT2D eigenvalue weighted by molar-refractivity contribution is -0.114. The molecule has 0 saturated carbocycles. The van der Waals surface area contributed by atoms with Gasteiger partial charge in [0, 0.05) is 11.8 Å². The van der Waals surface area contributed by atoms with Gasteiger partial charge in [-0.15, -0.1) is 0 Å². The highest BCUT2D eigenvalue weighted by molar-refractivity contribution is 6.29. The van der Waals surface area contributed by atoms with Gasteiger partial charge in [-0.3, -0.25) is 4.79 Å². The highest BCUT2D eigenvalue weighted by atomic mass is 35.5. The second-order valence-corrected chi connectivity index (χ2v) is 5.68. The summed E-state index contributed by atoms with van der Waals surface area (Å²) >= 11 is 5.65. The zero-order valence-corrected chi connectivity index (χ0v) is 13.2. The number of halogens is 3. The second kappa shape index (κ2) is 6.89. The molecule has 24 heavy (non-hydrogen) atoms. The second-order valence-electron chi connectivity index (χ2n) is 5.29. The molecule has 120 valence electrons. The van der Waals surface area contributed by atoms with E-state index >= 15 is 0 Å². The van der Waals surface area contributed by atoms with Crippen molar-refractivity contribution in [2.75, 3.05) is 0 Å². The molecule has 0 unspecified atom stereocenters. The summed E-state index contributed by atoms with van der Waals surface area (Å²) in [6, 6.07) is 12.3. The van der Waals surface area contributed by atoms with Gasteiger partial charge in [0.05, 0.1) is 5.52 Å². The predicted octanol–water partition coefficient (Wildman–Crippen LogP) is 4.99. The van der Waals surface area contributed by atoms with Crippen LogP contribution in [0.5, 0.6) is 0 Å². The number of allylic oxidation sites excluding steroid dienone is 1. The van der Waals surface area contributed by atoms with Gasteiger partial charge in [-0.05, 0) is 59.7 Å². The van der Waals surface area contributed by atoms with Crippen molar-refractivity contribution in [2.24, 2.45) is 0 Å². The molecule has 2 aromatic carbocycles. The SMILES string of the molecule is Fc1ccc2nc(Cl)ccc2c1.O=C1C=Cc2cc(F)ccc2C1. The van der Waals surface area contributed by atoms with Crippen LogP contribution in [0.25, 0.3) is 17.0 Å². The Kier molecular flexibility index (Phi) is 4.67. The van der Waals surface area contributed by atoms with E-state index in [0.717, 1.165) is 16.5 Å². The smallest absolute Gasteiger partial charge is 0.160 e. The third kappa shape index (κ3) is 3.84. The van der Waals surface area contributed by atoms with E-state index in [1.165, 1.54) is 30.3 Å². The van der Waals surface area contributed by atoms with Crippen LogP contribution in [0.4, 0.5) is 8.78 Å². The molecule has 2 nitrogen and oxygen atoms in total. The van der Waals surface area contributed by atoms with Crippen molar-refractivity contribution < 1.29 is 13.6 Å². The molecule has 1 aliphatic carbocycles. The molecule has 0 fully saturated rings. The van der Waals surface area contributed by atoms with Gasteiger partial charge < -0.3 is 0 Å². The van der Waals surface area contributed by atoms with Crippen molar-refractivity contribution in [3.05, 3.63) is 82.5 Å². The van der Waals surface area contributed by atoms with E-state index in [1.807, 2.05) is 0 Å². The van der Waals surface area contributed by atoms with E-state index in [4.69, 9.17) is 11.6 Å². The number of nitrogens with zero attached hydrogens (tertiary/aromatic N) is 1. The molecule has 0 atom stereocenters. The standard InChI is InChI=1S/C10H7FO.C9H5ClFN/c11-9-3-1-8-6-10(12)4-2-7(8)5-9;10-9-4-1-6-5-7(11)2-3-8(6)12-9/h1-5H,6H2;1-5H. The number of hydrogen-bond donors (Lipinski definition) is 0. The van der Waals surface area contributed by atoms with Crippen LogP contribution in [0.3, 0.4) is 0 Å². The number of rotatable bonds is 0. The average molecular weight is 344 g/mol. The van der Waals surface area contributed by atoms with Crippen molar-refractivity contribution in [1.82, 2.24) is 4.98 Å². The topological polar surface area (TPSA) is 30.0 Å². The first-order valence-corrected chi connectivity index (χ1v) is 7.60. The number of fused-ring (bicyclic) bond motifs is 2. The minimum absolute atomic E-state index is 0.0779. The lowest BCUT2D eigenvalue weighted by Gasteiger charge is -2.08. The number of hydrogen-bond acceptors (Lipinski definition) is 2. The molecular formula is C19H12ClF2NO. The van der Waals surface area contributed by atoms with E-state index in [0.29, 0.717) is 17.1 Å². The Labute approximate surface area is 142 Å². The summed E-state index contributed by atoms with van der Waals surface area (Å²) in [6.07, 6.45) is 3.54. The fraction of sp³-hybridized carbons (Fsp3) is 0.0526. The quantitative estimate of drug-likeness (QED) is 0.538. The highest BCUT2D eigenvalue weighted by Crippen LogP contribution is 2.18. The zero-order chi connectivity index (χ0) is 17.1. The summed E-state index contributed by atoms with van der Waals surface area (Å²) in [4.78, 5) is 14.9. The Balaban J connectivity index is 0.000000141. The monoisotopic (exact) mass is 343 g/mol. The van der Waals surface area contributed by atoms with Crippen molar-refractivity contribution >= 4 is 34.4 Å². The molecule has 0 amide bonds. The molecule has 1 heterocycles. The Morgan fingerprint density at radius 3 is 2.50 bits per heavy atom. The molecule has 0 aliphatic heterocycles. The van der Waals surface area contributed by atoms with Gasteiger partial charge in [0.1, 0.15) is 16.8 Å². The van der Waals surface area contributed by atoms with Crippen LogP contribution in [-0.4, -0.2) is 10.8 Å². The molecule has 0 N–H and O–H groups in total. The Hall–Kier alpha value is -2.59. The fourth-order valence-electron chi connectivity index (χ4n) is 2.38. The molecule has 5 heteroatoms. The van der Waals surface area contributed by atoms with Crippen LogP contribution in [0.2, 0.25) is 5.15 Å². The first-order chi connectivity index (χ1) is 11.5. The number of ketones is 1. The van der Waals surface area contributed by atoms with Crippen LogP contribution in [0.1, 0.15) is 11.1 Å². The first kappa shape index (κ1) is 16.3. The van der Waals surface area contributed by atoms with Gasteiger partial charge in [0.15, 0.2) is 5.78 Å². The number of aromatic nitrogens is 1. The minimum Gasteiger partial charge on any atom is -0.294 e. The number of carbonyl (C=O) groups is 1. The summed E-state index contributed by atoms with van der Waals surface area (Å²) in [5.74, 6) is -0.437. The van der Waals surface area contributed by atoms with Crippen molar-refractivity contribution in [3.63, 3.8) is 0 Å². The van der Waals surface area contributed by atoms with Crippen LogP contribution in [-0.2, 0) is 11.2 Å². The van der Waals surface area contributed by atoms with Crippen LogP contribution >= 0.6 is 11.6 Å². The van der Waals surface area contributed by atoms with Crippen molar-refractivity contribution in [1.29, 1.82) is 0 Å². The van der Waals surface area contributed by atoms with Crippen LogP contribution in [0, 0.1) is 11.6 Å². The predicted molar refractivity (Wildman–Crippen MR) is 90.9 cm³/mol. The average Bonchev–Trinajstić information content (AvgIpc) is 2.56. The molecule has 4 rings (SSSR count). The molecule has 1 aliphatic rings. The summed E-state index contributed by atoms with van der Waals surface area (Å²) < 4.78 is 25.3. The van der Waals surface area contributed by atoms with Gasteiger partial charge >= 0.3 is 0 Å². The summed E-state index contributed by atoms with van der Waals surface area (Å²) in [5, 5.41) is 1.19. The lowest BCUT2D eigenvalue weighted by atomic mass is 9.97. The summed E-state index contributed by atoms with van der Waals surface area (Å²) in [6.45, 7) is 0. The minimum atomic E-state index is -0.258. The van der Waals surface area contributed by atoms with Crippen LogP contribution < -0.4 is 0 Å². The highest BCUT2D eigenvalue weighted by Gasteiger charge is 2.09. The van der Waals surface area contributed by atoms with Gasteiger partial charge in [-0.2, -0.15) is 0 Å². The third-order valence-electron chi connectivity index (χ3n) is 3.54. The van der Waals surface area contributed by atoms with Gasteiger partial charge in [-0.1, -0.05) is 23.7 Å². The van der Waals surface area contributed by atoms with Crippen LogP contribution in [0.15, 0.2) is 54.6 Å². The van der Waals surface area contributed by atoms with E-state index < -0.39 is 0 Å². The van der Waals surface area contributed by atoms with E-state index in [-0.39, 0.29) is 17.4 Å². The number of carbonyl (C=O) groups excluding carboxylic acids is 1. The Morgan fingerprint density at radius 1 is 0.917 bits per heavy atom. The maximum absolute atomic E-state index is 12.7. The lowest BCUT2D eigenvalue weighted by Crippen LogP contribution is -2.05. The normalized spacial score (nSPS) is 12.5. The molecular weight excluding hydrogens is 332 g/mol. The largest absolute Gasteiger partial charge is 0.294 e. The Bertz CT molecular complexity index is 912. The maximum Gasteiger partial charge on any atom is 0.160 e. The summed E-state index contributed by atoms with van der Waals surface area (Å²) in [7, 11) is 0. The van der Waals surface area contributed by atoms with Gasteiger partial charge in [0.25, 0.3) is 0 Å². The molecule has 0 spiro atoms. The molecule has 0 saturated heterocycles. The third-order valence-corrected chi connectivity index (χ3v) is 3.75. The maximum atomic E-state index is 12.7. The molecule has 1 aromatic heterocycles. The number of benzene rings is 2. The molecule has 0 radical (unpaired) electrons. The fourth-order valence-corrected chi connectivity index (χ4v) is 2.54. The summed E-state index contributed by atoms with van der Waals surface area (Å²) in [5.41, 5.74) is 2.43.